The first-order valence-electron chi connectivity index (χ1n) is 19.1. The Balaban J connectivity index is 1.50. The summed E-state index contributed by atoms with van der Waals surface area (Å²) >= 11 is 0. The van der Waals surface area contributed by atoms with Gasteiger partial charge in [0.1, 0.15) is 5.75 Å². The molecule has 3 aromatic rings. The van der Waals surface area contributed by atoms with Gasteiger partial charge in [0.15, 0.2) is 0 Å². The van der Waals surface area contributed by atoms with Crippen LogP contribution in [0.4, 0.5) is 0 Å². The van der Waals surface area contributed by atoms with E-state index in [1.807, 2.05) is 54.8 Å². The Morgan fingerprint density at radius 1 is 0.926 bits per heavy atom. The highest BCUT2D eigenvalue weighted by atomic mass is 32.2. The van der Waals surface area contributed by atoms with Crippen LogP contribution in [0.1, 0.15) is 79.3 Å². The van der Waals surface area contributed by atoms with Gasteiger partial charge in [0.05, 0.1) is 37.0 Å². The van der Waals surface area contributed by atoms with Gasteiger partial charge in [-0.25, -0.2) is 4.72 Å². The minimum Gasteiger partial charge on any atom is -0.497 e. The molecule has 1 N–H and O–H groups in total. The van der Waals surface area contributed by atoms with Gasteiger partial charge in [-0.1, -0.05) is 25.3 Å². The van der Waals surface area contributed by atoms with Gasteiger partial charge in [0, 0.05) is 74.8 Å². The fraction of sp³-hybridized carbons (Fsp3) is 0.575. The van der Waals surface area contributed by atoms with E-state index in [9.17, 15) is 18.0 Å². The zero-order valence-corrected chi connectivity index (χ0v) is 33.4. The van der Waals surface area contributed by atoms with Crippen LogP contribution in [0.25, 0.3) is 22.2 Å². The quantitative estimate of drug-likeness (QED) is 0.364. The summed E-state index contributed by atoms with van der Waals surface area (Å²) in [4.78, 5) is 48.7. The molecule has 4 aliphatic rings. The van der Waals surface area contributed by atoms with Crippen LogP contribution in [-0.4, -0.2) is 130 Å². The van der Waals surface area contributed by atoms with Crippen molar-refractivity contribution in [3.8, 4) is 17.0 Å². The number of ether oxygens (including phenoxy) is 2. The molecule has 3 aliphatic heterocycles. The average molecular weight is 763 g/mol. The lowest BCUT2D eigenvalue weighted by Gasteiger charge is -2.42. The molecule has 4 heterocycles. The van der Waals surface area contributed by atoms with E-state index in [1.54, 1.807) is 19.2 Å². The van der Waals surface area contributed by atoms with Gasteiger partial charge < -0.3 is 28.7 Å². The van der Waals surface area contributed by atoms with Gasteiger partial charge in [0.25, 0.3) is 5.91 Å². The molecule has 13 nitrogen and oxygen atoms in total. The van der Waals surface area contributed by atoms with Crippen molar-refractivity contribution >= 4 is 38.8 Å². The number of aromatic nitrogens is 1. The molecule has 4 atom stereocenters. The normalized spacial score (nSPS) is 24.6. The van der Waals surface area contributed by atoms with Crippen LogP contribution < -0.4 is 9.46 Å². The summed E-state index contributed by atoms with van der Waals surface area (Å²) in [5.74, 6) is -0.240. The van der Waals surface area contributed by atoms with E-state index >= 15 is 4.79 Å². The summed E-state index contributed by atoms with van der Waals surface area (Å²) in [6.07, 6.45) is 5.12. The molecule has 0 radical (unpaired) electrons. The van der Waals surface area contributed by atoms with Crippen molar-refractivity contribution in [1.82, 2.24) is 28.3 Å². The second-order valence-corrected chi connectivity index (χ2v) is 18.2. The fourth-order valence-corrected chi connectivity index (χ4v) is 10.0. The van der Waals surface area contributed by atoms with Crippen molar-refractivity contribution in [1.29, 1.82) is 0 Å². The highest BCUT2D eigenvalue weighted by Gasteiger charge is 2.58. The Bertz CT molecular complexity index is 2060. The van der Waals surface area contributed by atoms with Crippen molar-refractivity contribution < 1.29 is 32.3 Å². The van der Waals surface area contributed by atoms with Gasteiger partial charge in [-0.3, -0.25) is 14.4 Å². The smallest absolute Gasteiger partial charge is 0.303 e. The first-order valence-corrected chi connectivity index (χ1v) is 20.5. The predicted octanol–water partition coefficient (Wildman–Crippen LogP) is 4.02. The van der Waals surface area contributed by atoms with Gasteiger partial charge in [0.2, 0.25) is 11.8 Å². The molecule has 292 valence electrons. The molecule has 54 heavy (non-hydrogen) atoms. The molecule has 14 heteroatoms. The third kappa shape index (κ3) is 6.79. The number of nitrogens with one attached hydrogen (secondary N) is 1. The predicted molar refractivity (Wildman–Crippen MR) is 207 cm³/mol. The second-order valence-electron chi connectivity index (χ2n) is 16.3. The molecule has 0 spiro atoms. The van der Waals surface area contributed by atoms with E-state index in [-0.39, 0.29) is 61.1 Å². The molecule has 0 bridgehead atoms. The van der Waals surface area contributed by atoms with Crippen LogP contribution in [0.3, 0.4) is 0 Å². The molecule has 1 aliphatic carbocycles. The maximum Gasteiger partial charge on any atom is 0.303 e. The highest BCUT2D eigenvalue weighted by Crippen LogP contribution is 2.55. The van der Waals surface area contributed by atoms with Crippen LogP contribution >= 0.6 is 0 Å². The summed E-state index contributed by atoms with van der Waals surface area (Å²) in [5.41, 5.74) is 4.05. The topological polar surface area (TPSA) is 134 Å². The summed E-state index contributed by atoms with van der Waals surface area (Å²) in [7, 11) is 4.07. The van der Waals surface area contributed by atoms with Gasteiger partial charge in [-0.2, -0.15) is 12.7 Å². The third-order valence-electron chi connectivity index (χ3n) is 11.9. The number of morpholine rings is 1. The van der Waals surface area contributed by atoms with E-state index in [1.165, 1.54) is 26.1 Å². The summed E-state index contributed by atoms with van der Waals surface area (Å²) in [6.45, 7) is 5.90. The lowest BCUT2D eigenvalue weighted by atomic mass is 9.72. The molecule has 1 aromatic heterocycles. The van der Waals surface area contributed by atoms with Gasteiger partial charge in [-0.15, -0.1) is 0 Å². The zero-order valence-electron chi connectivity index (χ0n) is 32.6. The molecular formula is C40H54N6O7S. The molecule has 3 amide bonds. The summed E-state index contributed by atoms with van der Waals surface area (Å²) in [6, 6.07) is 11.5. The average Bonchev–Trinajstić information content (AvgIpc) is 3.63. The number of methoxy groups -OCH3 is 1. The Morgan fingerprint density at radius 3 is 2.28 bits per heavy atom. The minimum atomic E-state index is -4.04. The number of nitrogens with zero attached hydrogens (tertiary/aromatic N) is 5. The number of carbonyl (C=O) groups excluding carboxylic acids is 3. The highest BCUT2D eigenvalue weighted by molar-refractivity contribution is 7.87. The first kappa shape index (κ1) is 38.3. The van der Waals surface area contributed by atoms with Crippen molar-refractivity contribution in [3.05, 3.63) is 53.1 Å². The SMILES string of the molecule is COc1ccc2c(c1)C1CN(C(=O)CN(C)C)CC1(C(=O)N1C[C@@H](C)O[C@@H](C)C1)Cn1c-2c(C2CCCCC2)c2ccc(C(=O)NS(=O)(=O)N(C)C)cc21. The Labute approximate surface area is 318 Å². The van der Waals surface area contributed by atoms with Gasteiger partial charge >= 0.3 is 10.2 Å². The third-order valence-corrected chi connectivity index (χ3v) is 13.3. The number of rotatable bonds is 8. The van der Waals surface area contributed by atoms with E-state index in [0.29, 0.717) is 25.4 Å². The number of carbonyl (C=O) groups is 3. The van der Waals surface area contributed by atoms with Gasteiger partial charge in [-0.05, 0) is 88.2 Å². The molecule has 2 saturated heterocycles. The fourth-order valence-electron chi connectivity index (χ4n) is 9.47. The zero-order chi connectivity index (χ0) is 38.7. The number of likely N-dealkylation sites (N-methyl/N-ethyl adjacent to an activating group) is 1. The monoisotopic (exact) mass is 762 g/mol. The van der Waals surface area contributed by atoms with Crippen LogP contribution in [0, 0.1) is 5.41 Å². The molecule has 3 fully saturated rings. The summed E-state index contributed by atoms with van der Waals surface area (Å²) < 4.78 is 42.7. The van der Waals surface area contributed by atoms with E-state index < -0.39 is 21.5 Å². The maximum absolute atomic E-state index is 15.5. The second kappa shape index (κ2) is 14.6. The number of fused-ring (bicyclic) bond motifs is 7. The minimum absolute atomic E-state index is 0.0247. The molecule has 2 aromatic carbocycles. The Morgan fingerprint density at radius 2 is 1.63 bits per heavy atom. The lowest BCUT2D eigenvalue weighted by Crippen LogP contribution is -2.56. The number of hydrogen-bond donors (Lipinski definition) is 1. The van der Waals surface area contributed by atoms with Crippen molar-refractivity contribution in [3.63, 3.8) is 0 Å². The van der Waals surface area contributed by atoms with Crippen molar-refractivity contribution in [2.45, 2.75) is 76.5 Å². The van der Waals surface area contributed by atoms with Crippen LogP contribution in [0.2, 0.25) is 0 Å². The molecule has 7 rings (SSSR count). The standard InChI is InChI=1S/C40H54N6O7S/c1-25-19-44(20-26(2)53-25)39(49)40-23-45(35(47)22-42(3)4)21-33(40)32-18-29(52-7)14-16-30(32)37-36(27-11-9-8-10-12-27)31-15-13-28(17-34(31)46(37)24-40)38(48)41-54(50,51)43(5)6/h13-18,25-27,33H,8-12,19-24H2,1-7H3,(H,41,48)/t25-,26+,33?,40?. The van der Waals surface area contributed by atoms with Crippen LogP contribution in [0.15, 0.2) is 36.4 Å². The number of likely N-dealkylation sites (tertiary alicyclic amines) is 1. The van der Waals surface area contributed by atoms with Crippen molar-refractivity contribution in [2.75, 3.05) is 68.0 Å². The van der Waals surface area contributed by atoms with Crippen molar-refractivity contribution in [2.24, 2.45) is 5.41 Å². The first-order chi connectivity index (χ1) is 25.6. The number of hydrogen-bond acceptors (Lipinski definition) is 8. The lowest BCUT2D eigenvalue weighted by molar-refractivity contribution is -0.155. The molecule has 1 saturated carbocycles. The molecular weight excluding hydrogens is 709 g/mol. The number of benzene rings is 2. The Hall–Kier alpha value is -3.98. The largest absolute Gasteiger partial charge is 0.497 e. The molecule has 2 unspecified atom stereocenters. The van der Waals surface area contributed by atoms with E-state index in [4.69, 9.17) is 9.47 Å². The summed E-state index contributed by atoms with van der Waals surface area (Å²) in [5, 5.41) is 0.985. The maximum atomic E-state index is 15.5. The van der Waals surface area contributed by atoms with E-state index in [2.05, 4.69) is 21.4 Å². The number of amides is 3. The van der Waals surface area contributed by atoms with Crippen LogP contribution in [-0.2, 0) is 31.1 Å². The Kier molecular flexibility index (Phi) is 10.3. The van der Waals surface area contributed by atoms with E-state index in [0.717, 1.165) is 57.7 Å². The van der Waals surface area contributed by atoms with Crippen LogP contribution in [0.5, 0.6) is 5.75 Å².